The van der Waals surface area contributed by atoms with E-state index < -0.39 is 17.7 Å². The Morgan fingerprint density at radius 2 is 1.75 bits per heavy atom. The molecule has 2 heterocycles. The van der Waals surface area contributed by atoms with Gasteiger partial charge in [0, 0.05) is 10.6 Å². The molecule has 4 aromatic carbocycles. The van der Waals surface area contributed by atoms with E-state index in [0.717, 1.165) is 15.8 Å². The summed E-state index contributed by atoms with van der Waals surface area (Å²) in [5.41, 5.74) is 3.71. The number of thiazole rings is 1. The van der Waals surface area contributed by atoms with E-state index in [2.05, 4.69) is 4.98 Å². The molecule has 1 aromatic heterocycles. The van der Waals surface area contributed by atoms with Crippen LogP contribution in [0, 0.1) is 6.92 Å². The van der Waals surface area contributed by atoms with Gasteiger partial charge in [0.1, 0.15) is 18.1 Å². The molecule has 1 atom stereocenters. The van der Waals surface area contributed by atoms with Gasteiger partial charge in [-0.3, -0.25) is 14.5 Å². The minimum absolute atomic E-state index is 0.00801. The van der Waals surface area contributed by atoms with E-state index in [9.17, 15) is 14.7 Å². The molecule has 6 rings (SSSR count). The molecule has 1 amide bonds. The molecule has 0 radical (unpaired) electrons. The fraction of sp³-hybridized carbons (Fsp3) is 0.0938. The van der Waals surface area contributed by atoms with E-state index in [0.29, 0.717) is 39.2 Å². The number of rotatable bonds is 6. The van der Waals surface area contributed by atoms with Crippen LogP contribution < -0.4 is 9.64 Å². The number of carbonyl (C=O) groups excluding carboxylic acids is 2. The molecule has 0 spiro atoms. The Hall–Kier alpha value is -4.46. The summed E-state index contributed by atoms with van der Waals surface area (Å²) in [5, 5.41) is 12.3. The average Bonchev–Trinajstić information content (AvgIpc) is 3.50. The number of amides is 1. The van der Waals surface area contributed by atoms with Crippen molar-refractivity contribution in [1.29, 1.82) is 0 Å². The summed E-state index contributed by atoms with van der Waals surface area (Å²) >= 11 is 7.45. The van der Waals surface area contributed by atoms with Gasteiger partial charge in [-0.05, 0) is 48.4 Å². The van der Waals surface area contributed by atoms with Gasteiger partial charge in [-0.15, -0.1) is 0 Å². The number of aliphatic hydroxyl groups is 1. The third-order valence-electron chi connectivity index (χ3n) is 6.74. The molecule has 1 aliphatic rings. The number of anilines is 1. The molecule has 0 saturated carbocycles. The molecular formula is C32H23ClN2O4S. The van der Waals surface area contributed by atoms with Crippen molar-refractivity contribution in [2.24, 2.45) is 0 Å². The van der Waals surface area contributed by atoms with Crippen LogP contribution in [0.4, 0.5) is 5.13 Å². The fourth-order valence-electron chi connectivity index (χ4n) is 4.72. The van der Waals surface area contributed by atoms with Crippen LogP contribution in [0.1, 0.15) is 28.3 Å². The van der Waals surface area contributed by atoms with Crippen LogP contribution in [0.5, 0.6) is 5.75 Å². The highest BCUT2D eigenvalue weighted by molar-refractivity contribution is 7.22. The number of carbonyl (C=O) groups is 2. The van der Waals surface area contributed by atoms with Gasteiger partial charge in [0.25, 0.3) is 5.78 Å². The molecular weight excluding hydrogens is 544 g/mol. The minimum atomic E-state index is -0.919. The summed E-state index contributed by atoms with van der Waals surface area (Å²) in [6.07, 6.45) is 0. The highest BCUT2D eigenvalue weighted by Gasteiger charge is 2.48. The maximum Gasteiger partial charge on any atom is 0.301 e. The van der Waals surface area contributed by atoms with Gasteiger partial charge >= 0.3 is 5.91 Å². The number of ketones is 1. The van der Waals surface area contributed by atoms with Crippen LogP contribution in [0.2, 0.25) is 5.02 Å². The molecule has 8 heteroatoms. The topological polar surface area (TPSA) is 79.7 Å². The molecule has 0 aliphatic carbocycles. The largest absolute Gasteiger partial charge is 0.507 e. The van der Waals surface area contributed by atoms with Crippen molar-refractivity contribution in [3.63, 3.8) is 0 Å². The predicted octanol–water partition coefficient (Wildman–Crippen LogP) is 7.46. The van der Waals surface area contributed by atoms with Gasteiger partial charge in [-0.2, -0.15) is 0 Å². The molecule has 1 saturated heterocycles. The van der Waals surface area contributed by atoms with Gasteiger partial charge in [0.05, 0.1) is 21.8 Å². The van der Waals surface area contributed by atoms with E-state index in [1.165, 1.54) is 16.2 Å². The minimum Gasteiger partial charge on any atom is -0.507 e. The highest BCUT2D eigenvalue weighted by Crippen LogP contribution is 2.45. The van der Waals surface area contributed by atoms with Gasteiger partial charge in [-0.1, -0.05) is 95.2 Å². The molecule has 1 N–H and O–H groups in total. The molecule has 5 aromatic rings. The SMILES string of the molecule is Cc1ccc(/C(O)=C2\C(=O)C(=O)N(c3nc4ccc(Cl)cc4s3)C2c2cccc(OCc3ccccc3)c2)cc1. The van der Waals surface area contributed by atoms with Crippen molar-refractivity contribution in [1.82, 2.24) is 4.98 Å². The first-order chi connectivity index (χ1) is 19.4. The number of Topliss-reactive ketones (excluding diaryl/α,β-unsaturated/α-hetero) is 1. The summed E-state index contributed by atoms with van der Waals surface area (Å²) in [5.74, 6) is -1.22. The maximum absolute atomic E-state index is 13.6. The number of aryl methyl sites for hydroxylation is 1. The normalized spacial score (nSPS) is 16.6. The zero-order chi connectivity index (χ0) is 27.8. The van der Waals surface area contributed by atoms with E-state index in [1.54, 1.807) is 42.5 Å². The maximum atomic E-state index is 13.6. The second kappa shape index (κ2) is 10.6. The number of hydrogen-bond donors (Lipinski definition) is 1. The Balaban J connectivity index is 1.47. The van der Waals surface area contributed by atoms with Gasteiger partial charge in [0.2, 0.25) is 0 Å². The second-order valence-corrected chi connectivity index (χ2v) is 10.9. The molecule has 40 heavy (non-hydrogen) atoms. The van der Waals surface area contributed by atoms with E-state index >= 15 is 0 Å². The third-order valence-corrected chi connectivity index (χ3v) is 7.99. The number of benzene rings is 4. The Morgan fingerprint density at radius 1 is 0.975 bits per heavy atom. The van der Waals surface area contributed by atoms with Crippen molar-refractivity contribution >= 4 is 55.7 Å². The lowest BCUT2D eigenvalue weighted by Gasteiger charge is -2.23. The fourth-order valence-corrected chi connectivity index (χ4v) is 5.99. The predicted molar refractivity (Wildman–Crippen MR) is 158 cm³/mol. The first-order valence-corrected chi connectivity index (χ1v) is 13.8. The van der Waals surface area contributed by atoms with Crippen LogP contribution in [0.25, 0.3) is 16.0 Å². The smallest absolute Gasteiger partial charge is 0.301 e. The number of aromatic nitrogens is 1. The first kappa shape index (κ1) is 25.8. The molecule has 1 fully saturated rings. The number of aliphatic hydroxyl groups excluding tert-OH is 1. The molecule has 1 unspecified atom stereocenters. The lowest BCUT2D eigenvalue weighted by molar-refractivity contribution is -0.132. The quantitative estimate of drug-likeness (QED) is 0.131. The Morgan fingerprint density at radius 3 is 2.52 bits per heavy atom. The molecule has 0 bridgehead atoms. The van der Waals surface area contributed by atoms with Crippen LogP contribution in [0.3, 0.4) is 0 Å². The van der Waals surface area contributed by atoms with E-state index in [1.807, 2.05) is 61.5 Å². The van der Waals surface area contributed by atoms with Crippen molar-refractivity contribution in [2.45, 2.75) is 19.6 Å². The summed E-state index contributed by atoms with van der Waals surface area (Å²) in [6, 6.07) is 28.5. The summed E-state index contributed by atoms with van der Waals surface area (Å²) in [7, 11) is 0. The number of ether oxygens (including phenoxy) is 1. The lowest BCUT2D eigenvalue weighted by atomic mass is 9.95. The average molecular weight is 567 g/mol. The Bertz CT molecular complexity index is 1780. The van der Waals surface area contributed by atoms with Crippen molar-refractivity contribution in [3.8, 4) is 5.75 Å². The number of fused-ring (bicyclic) bond motifs is 1. The van der Waals surface area contributed by atoms with Crippen LogP contribution in [0.15, 0.2) is 103 Å². The monoisotopic (exact) mass is 566 g/mol. The lowest BCUT2D eigenvalue weighted by Crippen LogP contribution is -2.29. The zero-order valence-electron chi connectivity index (χ0n) is 21.4. The Labute approximate surface area is 239 Å². The van der Waals surface area contributed by atoms with Gasteiger partial charge in [0.15, 0.2) is 5.13 Å². The van der Waals surface area contributed by atoms with Gasteiger partial charge < -0.3 is 9.84 Å². The highest BCUT2D eigenvalue weighted by atomic mass is 35.5. The molecule has 1 aliphatic heterocycles. The van der Waals surface area contributed by atoms with Crippen molar-refractivity contribution in [2.75, 3.05) is 4.90 Å². The second-order valence-electron chi connectivity index (χ2n) is 9.49. The summed E-state index contributed by atoms with van der Waals surface area (Å²) in [6.45, 7) is 2.29. The van der Waals surface area contributed by atoms with Crippen molar-refractivity contribution in [3.05, 3.63) is 130 Å². The molecule has 198 valence electrons. The standard InChI is InChI=1S/C32H23ClN2O4S/c1-19-10-12-21(13-11-19)29(36)27-28(22-8-5-9-24(16-22)39-18-20-6-3-2-4-7-20)35(31(38)30(27)37)32-34-25-15-14-23(33)17-26(25)40-32/h2-17,28,36H,18H2,1H3/b29-27+. The zero-order valence-corrected chi connectivity index (χ0v) is 22.9. The number of hydrogen-bond acceptors (Lipinski definition) is 6. The van der Waals surface area contributed by atoms with Gasteiger partial charge in [-0.25, -0.2) is 4.98 Å². The Kier molecular flexibility index (Phi) is 6.84. The number of nitrogens with zero attached hydrogens (tertiary/aromatic N) is 2. The number of halogens is 1. The van der Waals surface area contributed by atoms with Crippen molar-refractivity contribution < 1.29 is 19.4 Å². The molecule has 6 nitrogen and oxygen atoms in total. The van der Waals surface area contributed by atoms with Crippen LogP contribution in [-0.4, -0.2) is 21.8 Å². The van der Waals surface area contributed by atoms with Crippen LogP contribution >= 0.6 is 22.9 Å². The van der Waals surface area contributed by atoms with E-state index in [-0.39, 0.29) is 11.3 Å². The van der Waals surface area contributed by atoms with E-state index in [4.69, 9.17) is 16.3 Å². The van der Waals surface area contributed by atoms with Crippen LogP contribution in [-0.2, 0) is 16.2 Å². The summed E-state index contributed by atoms with van der Waals surface area (Å²) in [4.78, 5) is 33.1. The first-order valence-electron chi connectivity index (χ1n) is 12.6. The summed E-state index contributed by atoms with van der Waals surface area (Å²) < 4.78 is 6.83. The third kappa shape index (κ3) is 4.85.